The van der Waals surface area contributed by atoms with Crippen molar-refractivity contribution in [2.24, 2.45) is 0 Å². The van der Waals surface area contributed by atoms with Gasteiger partial charge in [0.25, 0.3) is 0 Å². The molecule has 0 atom stereocenters. The van der Waals surface area contributed by atoms with Crippen LogP contribution in [0.15, 0.2) is 175 Å². The van der Waals surface area contributed by atoms with Crippen LogP contribution in [0.1, 0.15) is 0 Å². The van der Waals surface area contributed by atoms with Gasteiger partial charge in [0.2, 0.25) is 0 Å². The molecule has 0 amide bonds. The van der Waals surface area contributed by atoms with Crippen molar-refractivity contribution in [3.8, 4) is 56.4 Å². The van der Waals surface area contributed by atoms with E-state index >= 15 is 0 Å². The van der Waals surface area contributed by atoms with E-state index < -0.39 is 0 Å². The highest BCUT2D eigenvalue weighted by atomic mass is 16.1. The minimum absolute atomic E-state index is 0.0180. The molecular formula is C46H28N4O. The highest BCUT2D eigenvalue weighted by molar-refractivity contribution is 6.20. The van der Waals surface area contributed by atoms with Crippen LogP contribution in [0.4, 0.5) is 0 Å². The maximum Gasteiger partial charge on any atom is 0.197 e. The minimum atomic E-state index is -0.0180. The highest BCUT2D eigenvalue weighted by Crippen LogP contribution is 2.40. The molecule has 0 N–H and O–H groups in total. The lowest BCUT2D eigenvalue weighted by atomic mass is 9.96. The van der Waals surface area contributed by atoms with Crippen LogP contribution in [0.25, 0.3) is 94.5 Å². The van der Waals surface area contributed by atoms with Crippen molar-refractivity contribution in [2.45, 2.75) is 0 Å². The van der Waals surface area contributed by atoms with E-state index in [1.54, 1.807) is 0 Å². The molecule has 7 aromatic carbocycles. The summed E-state index contributed by atoms with van der Waals surface area (Å²) in [5, 5.41) is 3.47. The first kappa shape index (κ1) is 29.0. The maximum atomic E-state index is 14.9. The fourth-order valence-corrected chi connectivity index (χ4v) is 7.38. The van der Waals surface area contributed by atoms with Gasteiger partial charge in [-0.2, -0.15) is 0 Å². The van der Waals surface area contributed by atoms with Gasteiger partial charge < -0.3 is 4.40 Å². The molecular weight excluding hydrogens is 625 g/mol. The number of hydrogen-bond donors (Lipinski definition) is 0. The average molecular weight is 653 g/mol. The van der Waals surface area contributed by atoms with Crippen molar-refractivity contribution in [3.05, 3.63) is 180 Å². The largest absolute Gasteiger partial charge is 0.308 e. The summed E-state index contributed by atoms with van der Waals surface area (Å²) < 4.78 is 2.28. The van der Waals surface area contributed by atoms with Crippen LogP contribution in [0.2, 0.25) is 0 Å². The predicted molar refractivity (Wildman–Crippen MR) is 208 cm³/mol. The average Bonchev–Trinajstić information content (AvgIpc) is 3.54. The van der Waals surface area contributed by atoms with Crippen molar-refractivity contribution in [2.75, 3.05) is 0 Å². The van der Waals surface area contributed by atoms with Crippen molar-refractivity contribution < 1.29 is 0 Å². The highest BCUT2D eigenvalue weighted by Gasteiger charge is 2.22. The van der Waals surface area contributed by atoms with Gasteiger partial charge in [0.05, 0.1) is 21.9 Å². The van der Waals surface area contributed by atoms with Gasteiger partial charge in [0, 0.05) is 32.8 Å². The molecule has 0 aliphatic carbocycles. The summed E-state index contributed by atoms with van der Waals surface area (Å²) in [6.45, 7) is 0. The van der Waals surface area contributed by atoms with E-state index in [0.29, 0.717) is 28.2 Å². The van der Waals surface area contributed by atoms with Crippen molar-refractivity contribution in [1.29, 1.82) is 0 Å². The second kappa shape index (κ2) is 11.6. The molecule has 3 aromatic heterocycles. The van der Waals surface area contributed by atoms with E-state index in [2.05, 4.69) is 71.1 Å². The Morgan fingerprint density at radius 3 is 1.49 bits per heavy atom. The van der Waals surface area contributed by atoms with E-state index in [4.69, 9.17) is 15.0 Å². The lowest BCUT2D eigenvalue weighted by Crippen LogP contribution is -2.08. The molecule has 0 radical (unpaired) electrons. The van der Waals surface area contributed by atoms with E-state index in [-0.39, 0.29) is 5.43 Å². The monoisotopic (exact) mass is 652 g/mol. The molecule has 238 valence electrons. The second-order valence-electron chi connectivity index (χ2n) is 12.8. The molecule has 0 spiro atoms. The lowest BCUT2D eigenvalue weighted by Gasteiger charge is -2.13. The van der Waals surface area contributed by atoms with Crippen LogP contribution >= 0.6 is 0 Å². The van der Waals surface area contributed by atoms with E-state index in [1.807, 2.05) is 103 Å². The van der Waals surface area contributed by atoms with E-state index in [0.717, 1.165) is 66.3 Å². The quantitative estimate of drug-likeness (QED) is 0.174. The number of aromatic nitrogens is 4. The van der Waals surface area contributed by atoms with Gasteiger partial charge in [-0.3, -0.25) is 4.79 Å². The number of nitrogens with zero attached hydrogens (tertiary/aromatic N) is 4. The molecule has 5 nitrogen and oxygen atoms in total. The molecule has 5 heteroatoms. The van der Waals surface area contributed by atoms with Crippen LogP contribution in [-0.4, -0.2) is 19.4 Å². The number of pyridine rings is 1. The zero-order valence-corrected chi connectivity index (χ0v) is 27.4. The fourth-order valence-electron chi connectivity index (χ4n) is 7.38. The van der Waals surface area contributed by atoms with Crippen LogP contribution < -0.4 is 5.43 Å². The number of hydrogen-bond acceptors (Lipinski definition) is 4. The summed E-state index contributed by atoms with van der Waals surface area (Å²) in [6, 6.07) is 57.3. The Bertz CT molecular complexity index is 2900. The van der Waals surface area contributed by atoms with Crippen LogP contribution in [-0.2, 0) is 0 Å². The molecule has 0 aliphatic rings. The zero-order chi connectivity index (χ0) is 33.9. The standard InChI is InChI=1S/C46H28N4O/c51-43-38-27-34(46-48-44(31-17-9-3-10-18-31)47-45(49-46)32-19-11-4-12-20-32)22-26-39(38)50-40-28-33(29-13-5-1-6-14-29)21-23-36(40)37-25-24-35(41(43)42(37)50)30-15-7-2-8-16-30/h1-28H. The normalized spacial score (nSPS) is 11.6. The first-order chi connectivity index (χ1) is 25.2. The second-order valence-corrected chi connectivity index (χ2v) is 12.8. The molecule has 51 heavy (non-hydrogen) atoms. The maximum absolute atomic E-state index is 14.9. The van der Waals surface area contributed by atoms with Crippen molar-refractivity contribution in [3.63, 3.8) is 0 Å². The lowest BCUT2D eigenvalue weighted by molar-refractivity contribution is 1.07. The third-order valence-corrected chi connectivity index (χ3v) is 9.79. The van der Waals surface area contributed by atoms with Crippen molar-refractivity contribution >= 4 is 38.1 Å². The zero-order valence-electron chi connectivity index (χ0n) is 27.4. The molecule has 0 saturated heterocycles. The molecule has 10 rings (SSSR count). The van der Waals surface area contributed by atoms with Gasteiger partial charge in [0.1, 0.15) is 0 Å². The summed E-state index contributed by atoms with van der Waals surface area (Å²) in [5.74, 6) is 1.66. The Kier molecular flexibility index (Phi) is 6.58. The van der Waals surface area contributed by atoms with Crippen molar-refractivity contribution in [1.82, 2.24) is 19.4 Å². The first-order valence-corrected chi connectivity index (χ1v) is 17.0. The van der Waals surface area contributed by atoms with Gasteiger partial charge in [-0.1, -0.05) is 146 Å². The molecule has 0 unspecified atom stereocenters. The molecule has 10 aromatic rings. The van der Waals surface area contributed by atoms with Gasteiger partial charge in [-0.15, -0.1) is 0 Å². The summed E-state index contributed by atoms with van der Waals surface area (Å²) in [6.07, 6.45) is 0. The third kappa shape index (κ3) is 4.71. The summed E-state index contributed by atoms with van der Waals surface area (Å²) >= 11 is 0. The molecule has 0 fully saturated rings. The molecule has 3 heterocycles. The minimum Gasteiger partial charge on any atom is -0.308 e. The Morgan fingerprint density at radius 2 is 0.882 bits per heavy atom. The van der Waals surface area contributed by atoms with Gasteiger partial charge in [-0.25, -0.2) is 15.0 Å². The van der Waals surface area contributed by atoms with Gasteiger partial charge >= 0.3 is 0 Å². The van der Waals surface area contributed by atoms with Crippen LogP contribution in [0.3, 0.4) is 0 Å². The Labute approximate surface area is 293 Å². The van der Waals surface area contributed by atoms with E-state index in [1.165, 1.54) is 0 Å². The van der Waals surface area contributed by atoms with Crippen LogP contribution in [0.5, 0.6) is 0 Å². The number of rotatable bonds is 5. The first-order valence-electron chi connectivity index (χ1n) is 17.0. The smallest absolute Gasteiger partial charge is 0.197 e. The Balaban J connectivity index is 1.29. The Morgan fingerprint density at radius 1 is 0.373 bits per heavy atom. The summed E-state index contributed by atoms with van der Waals surface area (Å²) in [4.78, 5) is 29.8. The predicted octanol–water partition coefficient (Wildman–Crippen LogP) is 10.7. The van der Waals surface area contributed by atoms with Crippen LogP contribution in [0, 0.1) is 0 Å². The number of fused-ring (bicyclic) bond motifs is 5. The molecule has 0 saturated carbocycles. The Hall–Kier alpha value is -6.98. The summed E-state index contributed by atoms with van der Waals surface area (Å²) in [5.41, 5.74) is 9.51. The van der Waals surface area contributed by atoms with E-state index in [9.17, 15) is 4.79 Å². The fraction of sp³-hybridized carbons (Fsp3) is 0. The molecule has 0 bridgehead atoms. The summed E-state index contributed by atoms with van der Waals surface area (Å²) in [7, 11) is 0. The SMILES string of the molecule is O=c1c2cc(-c3nc(-c4ccccc4)nc(-c4ccccc4)n3)ccc2n2c3cc(-c4ccccc4)ccc3c3ccc(-c4ccccc4)c1c32. The third-order valence-electron chi connectivity index (χ3n) is 9.79. The topological polar surface area (TPSA) is 60.2 Å². The number of benzene rings is 7. The molecule has 0 aliphatic heterocycles. The van der Waals surface area contributed by atoms with Gasteiger partial charge in [-0.05, 0) is 46.5 Å². The van der Waals surface area contributed by atoms with Gasteiger partial charge in [0.15, 0.2) is 22.9 Å².